The summed E-state index contributed by atoms with van der Waals surface area (Å²) in [7, 11) is 0. The first kappa shape index (κ1) is 19.0. The van der Waals surface area contributed by atoms with Crippen molar-refractivity contribution in [3.05, 3.63) is 59.4 Å². The van der Waals surface area contributed by atoms with Gasteiger partial charge in [0.2, 0.25) is 0 Å². The molecule has 0 bridgehead atoms. The Morgan fingerprint density at radius 3 is 2.03 bits per heavy atom. The number of hydrogen-bond acceptors (Lipinski definition) is 0. The number of benzene rings is 2. The Morgan fingerprint density at radius 2 is 1.34 bits per heavy atom. The Labute approximate surface area is 170 Å². The Kier molecular flexibility index (Phi) is 4.80. The molecular formula is C26H27F3. The van der Waals surface area contributed by atoms with Gasteiger partial charge in [0, 0.05) is 11.1 Å². The quantitative estimate of drug-likeness (QED) is 0.391. The summed E-state index contributed by atoms with van der Waals surface area (Å²) in [6, 6.07) is 5.58. The van der Waals surface area contributed by atoms with Crippen LogP contribution in [0, 0.1) is 23.4 Å². The second-order valence-corrected chi connectivity index (χ2v) is 9.09. The van der Waals surface area contributed by atoms with Gasteiger partial charge in [-0.05, 0) is 84.6 Å². The second kappa shape index (κ2) is 7.34. The summed E-state index contributed by atoms with van der Waals surface area (Å²) < 4.78 is 45.4. The van der Waals surface area contributed by atoms with Crippen LogP contribution in [0.2, 0.25) is 0 Å². The monoisotopic (exact) mass is 396 g/mol. The van der Waals surface area contributed by atoms with Crippen LogP contribution >= 0.6 is 0 Å². The minimum atomic E-state index is -0.859. The Hall–Kier alpha value is -2.03. The largest absolute Gasteiger partial charge is 0.206 e. The summed E-state index contributed by atoms with van der Waals surface area (Å²) in [5.41, 5.74) is 3.00. The fourth-order valence-corrected chi connectivity index (χ4v) is 5.79. The highest BCUT2D eigenvalue weighted by molar-refractivity contribution is 6.03. The minimum absolute atomic E-state index is 0.0803. The molecule has 0 N–H and O–H groups in total. The molecule has 0 aromatic heterocycles. The first-order chi connectivity index (χ1) is 14.1. The normalized spacial score (nSPS) is 23.8. The van der Waals surface area contributed by atoms with Gasteiger partial charge in [-0.1, -0.05) is 37.5 Å². The molecule has 2 aromatic carbocycles. The van der Waals surface area contributed by atoms with Gasteiger partial charge in [-0.3, -0.25) is 0 Å². The number of halogens is 3. The third kappa shape index (κ3) is 2.96. The molecule has 2 aromatic rings. The zero-order valence-corrected chi connectivity index (χ0v) is 16.7. The molecule has 3 aliphatic rings. The van der Waals surface area contributed by atoms with Crippen LogP contribution in [0.25, 0.3) is 22.3 Å². The van der Waals surface area contributed by atoms with Crippen LogP contribution in [-0.2, 0) is 0 Å². The summed E-state index contributed by atoms with van der Waals surface area (Å²) in [4.78, 5) is 0. The van der Waals surface area contributed by atoms with Crippen molar-refractivity contribution in [3.63, 3.8) is 0 Å². The number of allylic oxidation sites excluding steroid dienone is 1. The molecule has 2 fully saturated rings. The van der Waals surface area contributed by atoms with Crippen molar-refractivity contribution in [2.45, 2.75) is 69.6 Å². The first-order valence-corrected chi connectivity index (χ1v) is 11.1. The molecule has 0 saturated heterocycles. The predicted octanol–water partition coefficient (Wildman–Crippen LogP) is 8.26. The summed E-state index contributed by atoms with van der Waals surface area (Å²) in [5, 5.41) is 0. The molecule has 3 aliphatic carbocycles. The Morgan fingerprint density at radius 1 is 0.690 bits per heavy atom. The fourth-order valence-electron chi connectivity index (χ4n) is 5.79. The molecular weight excluding hydrogens is 369 g/mol. The Balaban J connectivity index is 1.50. The van der Waals surface area contributed by atoms with Gasteiger partial charge in [0.15, 0.2) is 11.6 Å². The van der Waals surface area contributed by atoms with E-state index in [4.69, 9.17) is 0 Å². The topological polar surface area (TPSA) is 0 Å². The van der Waals surface area contributed by atoms with Crippen molar-refractivity contribution >= 4 is 0 Å². The summed E-state index contributed by atoms with van der Waals surface area (Å²) in [5.74, 6) is -1.24. The predicted molar refractivity (Wildman–Crippen MR) is 111 cm³/mol. The van der Waals surface area contributed by atoms with E-state index in [1.807, 2.05) is 18.2 Å². The van der Waals surface area contributed by atoms with Crippen LogP contribution in [0.1, 0.15) is 80.8 Å². The van der Waals surface area contributed by atoms with Crippen molar-refractivity contribution in [2.75, 3.05) is 0 Å². The van der Waals surface area contributed by atoms with Crippen LogP contribution in [-0.4, -0.2) is 0 Å². The zero-order chi connectivity index (χ0) is 20.1. The molecule has 0 unspecified atom stereocenters. The molecule has 3 heteroatoms. The molecule has 152 valence electrons. The van der Waals surface area contributed by atoms with Crippen molar-refractivity contribution in [2.24, 2.45) is 5.92 Å². The van der Waals surface area contributed by atoms with E-state index in [0.717, 1.165) is 63.4 Å². The van der Waals surface area contributed by atoms with Gasteiger partial charge in [0.05, 0.1) is 0 Å². The maximum Gasteiger partial charge on any atom is 0.167 e. The van der Waals surface area contributed by atoms with Crippen molar-refractivity contribution in [1.82, 2.24) is 0 Å². The van der Waals surface area contributed by atoms with Gasteiger partial charge >= 0.3 is 0 Å². The summed E-state index contributed by atoms with van der Waals surface area (Å²) >= 11 is 0. The highest BCUT2D eigenvalue weighted by Gasteiger charge is 2.36. The molecule has 0 radical (unpaired) electrons. The zero-order valence-electron chi connectivity index (χ0n) is 16.7. The van der Waals surface area contributed by atoms with Crippen LogP contribution < -0.4 is 0 Å². The van der Waals surface area contributed by atoms with E-state index in [2.05, 4.69) is 6.58 Å². The van der Waals surface area contributed by atoms with E-state index in [-0.39, 0.29) is 28.8 Å². The molecule has 0 amide bonds. The number of hydrogen-bond donors (Lipinski definition) is 0. The van der Waals surface area contributed by atoms with Crippen molar-refractivity contribution in [1.29, 1.82) is 0 Å². The lowest BCUT2D eigenvalue weighted by Crippen LogP contribution is -2.16. The molecule has 5 rings (SSSR count). The molecule has 29 heavy (non-hydrogen) atoms. The van der Waals surface area contributed by atoms with Gasteiger partial charge in [0.25, 0.3) is 0 Å². The Bertz CT molecular complexity index is 961. The fraction of sp³-hybridized carbons (Fsp3) is 0.462. The molecule has 0 aliphatic heterocycles. The highest BCUT2D eigenvalue weighted by Crippen LogP contribution is 2.54. The SMILES string of the molecule is C=CC1CCC(c2ccc3c(c2F)-c2c-3cc(C3CCCCC3)c(F)c2F)CC1. The maximum absolute atomic E-state index is 15.4. The van der Waals surface area contributed by atoms with E-state index >= 15 is 8.78 Å². The van der Waals surface area contributed by atoms with E-state index in [0.29, 0.717) is 22.6 Å². The maximum atomic E-state index is 15.4. The highest BCUT2D eigenvalue weighted by atomic mass is 19.2. The minimum Gasteiger partial charge on any atom is -0.206 e. The molecule has 0 spiro atoms. The van der Waals surface area contributed by atoms with Crippen LogP contribution in [0.4, 0.5) is 13.2 Å². The average molecular weight is 396 g/mol. The van der Waals surface area contributed by atoms with Crippen molar-refractivity contribution in [3.8, 4) is 22.3 Å². The van der Waals surface area contributed by atoms with E-state index in [1.54, 1.807) is 6.07 Å². The van der Waals surface area contributed by atoms with E-state index in [1.165, 1.54) is 0 Å². The lowest BCUT2D eigenvalue weighted by molar-refractivity contribution is 0.369. The average Bonchev–Trinajstić information content (AvgIpc) is 2.75. The summed E-state index contributed by atoms with van der Waals surface area (Å²) in [6.07, 6.45) is 10.9. The number of fused-ring (bicyclic) bond motifs is 4. The molecule has 2 saturated carbocycles. The van der Waals surface area contributed by atoms with Gasteiger partial charge in [0.1, 0.15) is 5.82 Å². The van der Waals surface area contributed by atoms with Gasteiger partial charge in [-0.15, -0.1) is 6.58 Å². The lowest BCUT2D eigenvalue weighted by Gasteiger charge is -2.32. The number of rotatable bonds is 3. The van der Waals surface area contributed by atoms with Crippen LogP contribution in [0.3, 0.4) is 0 Å². The van der Waals surface area contributed by atoms with Gasteiger partial charge in [-0.2, -0.15) is 0 Å². The third-order valence-corrected chi connectivity index (χ3v) is 7.54. The standard InChI is InChI=1S/C26H27F3/c1-2-15-8-10-17(11-9-15)18-12-13-19-21-14-20(16-6-4-3-5-7-16)25(28)26(29)23(21)22(19)24(18)27/h2,12-17H,1,3-11H2. The molecule has 0 heterocycles. The smallest absolute Gasteiger partial charge is 0.167 e. The van der Waals surface area contributed by atoms with E-state index in [9.17, 15) is 4.39 Å². The van der Waals surface area contributed by atoms with E-state index < -0.39 is 11.6 Å². The second-order valence-electron chi connectivity index (χ2n) is 9.09. The van der Waals surface area contributed by atoms with Crippen LogP contribution in [0.5, 0.6) is 0 Å². The summed E-state index contributed by atoms with van der Waals surface area (Å²) in [6.45, 7) is 3.87. The van der Waals surface area contributed by atoms with Gasteiger partial charge < -0.3 is 0 Å². The van der Waals surface area contributed by atoms with Crippen molar-refractivity contribution < 1.29 is 13.2 Å². The third-order valence-electron chi connectivity index (χ3n) is 7.54. The molecule has 0 nitrogen and oxygen atoms in total. The first-order valence-electron chi connectivity index (χ1n) is 11.1. The van der Waals surface area contributed by atoms with Gasteiger partial charge in [-0.25, -0.2) is 13.2 Å². The van der Waals surface area contributed by atoms with Crippen LogP contribution in [0.15, 0.2) is 30.9 Å². The molecule has 0 atom stereocenters. The lowest BCUT2D eigenvalue weighted by atomic mass is 9.72.